The quantitative estimate of drug-likeness (QED) is 0.464. The van der Waals surface area contributed by atoms with Crippen molar-refractivity contribution in [1.82, 2.24) is 29.5 Å². The van der Waals surface area contributed by atoms with Gasteiger partial charge in [-0.15, -0.1) is 0 Å². The normalized spacial score (nSPS) is 20.2. The summed E-state index contributed by atoms with van der Waals surface area (Å²) in [7, 11) is -3.61. The van der Waals surface area contributed by atoms with E-state index in [2.05, 4.69) is 50.6 Å². The van der Waals surface area contributed by atoms with Gasteiger partial charge < -0.3 is 4.90 Å². The second-order valence-electron chi connectivity index (χ2n) is 9.59. The number of fused-ring (bicyclic) bond motifs is 1. The first-order valence-electron chi connectivity index (χ1n) is 11.2. The standard InChI is InChI=1S/C22H29F2N7O3S/c1-14-18(12-34-35(5,32)33)30(22(2,3)4)9-8-29(14)20-10-16(26-13-27-20)17-11-25-19-7-6-15(21(23)24)28-31(17)19/h6-7,10-11,13-14,18,21H,8-9,12H2,1-5H3. The van der Waals surface area contributed by atoms with Gasteiger partial charge in [0.1, 0.15) is 23.5 Å². The molecule has 0 radical (unpaired) electrons. The number of imidazole rings is 1. The maximum atomic E-state index is 13.2. The van der Waals surface area contributed by atoms with Crippen LogP contribution in [0.5, 0.6) is 0 Å². The van der Waals surface area contributed by atoms with Crippen LogP contribution in [0, 0.1) is 0 Å². The Kier molecular flexibility index (Phi) is 6.77. The highest BCUT2D eigenvalue weighted by atomic mass is 32.2. The Labute approximate surface area is 203 Å². The van der Waals surface area contributed by atoms with Crippen LogP contribution in [0.4, 0.5) is 14.6 Å². The van der Waals surface area contributed by atoms with E-state index in [-0.39, 0.29) is 29.9 Å². The van der Waals surface area contributed by atoms with Crippen LogP contribution in [0.1, 0.15) is 39.8 Å². The van der Waals surface area contributed by atoms with Crippen molar-refractivity contribution in [2.24, 2.45) is 0 Å². The van der Waals surface area contributed by atoms with Crippen molar-refractivity contribution in [3.8, 4) is 11.4 Å². The van der Waals surface area contributed by atoms with Gasteiger partial charge in [-0.05, 0) is 39.8 Å². The van der Waals surface area contributed by atoms with Crippen molar-refractivity contribution in [2.75, 3.05) is 30.9 Å². The van der Waals surface area contributed by atoms with Crippen molar-refractivity contribution < 1.29 is 21.4 Å². The van der Waals surface area contributed by atoms with E-state index in [0.717, 1.165) is 6.26 Å². The van der Waals surface area contributed by atoms with E-state index in [0.29, 0.717) is 35.9 Å². The highest BCUT2D eigenvalue weighted by molar-refractivity contribution is 7.85. The van der Waals surface area contributed by atoms with Gasteiger partial charge in [-0.3, -0.25) is 9.08 Å². The number of rotatable bonds is 6. The lowest BCUT2D eigenvalue weighted by Crippen LogP contribution is -2.65. The zero-order valence-corrected chi connectivity index (χ0v) is 21.1. The highest BCUT2D eigenvalue weighted by Crippen LogP contribution is 2.30. The molecule has 3 aromatic rings. The van der Waals surface area contributed by atoms with Gasteiger partial charge in [0.2, 0.25) is 0 Å². The molecule has 2 unspecified atom stereocenters. The van der Waals surface area contributed by atoms with Gasteiger partial charge in [-0.25, -0.2) is 28.2 Å². The molecule has 1 aliphatic rings. The molecule has 0 spiro atoms. The highest BCUT2D eigenvalue weighted by Gasteiger charge is 2.40. The predicted molar refractivity (Wildman–Crippen MR) is 127 cm³/mol. The van der Waals surface area contributed by atoms with Crippen molar-refractivity contribution in [3.05, 3.63) is 36.4 Å². The average molecular weight is 510 g/mol. The molecule has 1 saturated heterocycles. The summed E-state index contributed by atoms with van der Waals surface area (Å²) < 4.78 is 56.3. The number of nitrogens with zero attached hydrogens (tertiary/aromatic N) is 7. The lowest BCUT2D eigenvalue weighted by atomic mass is 9.95. The van der Waals surface area contributed by atoms with Gasteiger partial charge in [0, 0.05) is 30.7 Å². The molecule has 35 heavy (non-hydrogen) atoms. The monoisotopic (exact) mass is 509 g/mol. The maximum absolute atomic E-state index is 13.2. The minimum absolute atomic E-state index is 0.0132. The molecule has 4 heterocycles. The summed E-state index contributed by atoms with van der Waals surface area (Å²) in [6, 6.07) is 4.14. The van der Waals surface area contributed by atoms with E-state index in [1.165, 1.54) is 29.2 Å². The van der Waals surface area contributed by atoms with Crippen LogP contribution in [0.3, 0.4) is 0 Å². The average Bonchev–Trinajstić information content (AvgIpc) is 3.20. The van der Waals surface area contributed by atoms with E-state index in [4.69, 9.17) is 4.18 Å². The van der Waals surface area contributed by atoms with Crippen molar-refractivity contribution in [1.29, 1.82) is 0 Å². The Morgan fingerprint density at radius 1 is 1.17 bits per heavy atom. The van der Waals surface area contributed by atoms with Gasteiger partial charge in [0.25, 0.3) is 16.5 Å². The van der Waals surface area contributed by atoms with Gasteiger partial charge in [0.15, 0.2) is 5.65 Å². The number of aromatic nitrogens is 5. The molecule has 3 aromatic heterocycles. The minimum atomic E-state index is -3.61. The van der Waals surface area contributed by atoms with E-state index in [1.807, 2.05) is 6.92 Å². The molecule has 0 saturated carbocycles. The van der Waals surface area contributed by atoms with Crippen molar-refractivity contribution in [2.45, 2.75) is 51.7 Å². The van der Waals surface area contributed by atoms with Gasteiger partial charge in [-0.2, -0.15) is 13.5 Å². The Morgan fingerprint density at radius 3 is 2.57 bits per heavy atom. The molecule has 10 nitrogen and oxygen atoms in total. The Bertz CT molecular complexity index is 1310. The fourth-order valence-electron chi connectivity index (χ4n) is 4.45. The Morgan fingerprint density at radius 2 is 1.91 bits per heavy atom. The molecule has 13 heteroatoms. The van der Waals surface area contributed by atoms with Crippen LogP contribution in [-0.4, -0.2) is 81.5 Å². The van der Waals surface area contributed by atoms with Crippen molar-refractivity contribution >= 4 is 21.6 Å². The zero-order chi connectivity index (χ0) is 25.5. The first kappa shape index (κ1) is 25.3. The first-order chi connectivity index (χ1) is 16.3. The topological polar surface area (TPSA) is 106 Å². The molecule has 4 rings (SSSR count). The molecular formula is C22H29F2N7O3S. The third kappa shape index (κ3) is 5.41. The lowest BCUT2D eigenvalue weighted by molar-refractivity contribution is 0.0261. The number of piperazine rings is 1. The van der Waals surface area contributed by atoms with Gasteiger partial charge >= 0.3 is 0 Å². The van der Waals surface area contributed by atoms with Crippen LogP contribution in [-0.2, 0) is 14.3 Å². The van der Waals surface area contributed by atoms with Crippen LogP contribution >= 0.6 is 0 Å². The summed E-state index contributed by atoms with van der Waals surface area (Å²) in [5.41, 5.74) is 0.814. The molecule has 190 valence electrons. The second-order valence-corrected chi connectivity index (χ2v) is 11.2. The smallest absolute Gasteiger partial charge is 0.282 e. The predicted octanol–water partition coefficient (Wildman–Crippen LogP) is 2.78. The SMILES string of the molecule is CC1C(COS(C)(=O)=O)N(C(C)(C)C)CCN1c1cc(-c2cnc3ccc(C(F)F)nn23)ncn1. The molecule has 0 aliphatic carbocycles. The minimum Gasteiger partial charge on any atom is -0.351 e. The number of hydrogen-bond donors (Lipinski definition) is 0. The van der Waals surface area contributed by atoms with E-state index < -0.39 is 16.5 Å². The third-order valence-electron chi connectivity index (χ3n) is 6.16. The van der Waals surface area contributed by atoms with Crippen molar-refractivity contribution in [3.63, 3.8) is 0 Å². The fraction of sp³-hybridized carbons (Fsp3) is 0.545. The number of halogens is 2. The summed E-state index contributed by atoms with van der Waals surface area (Å²) in [5, 5.41) is 4.01. The molecule has 1 fully saturated rings. The second kappa shape index (κ2) is 9.36. The largest absolute Gasteiger partial charge is 0.351 e. The first-order valence-corrected chi connectivity index (χ1v) is 13.0. The fourth-order valence-corrected chi connectivity index (χ4v) is 4.84. The van der Waals surface area contributed by atoms with Crippen LogP contribution in [0.2, 0.25) is 0 Å². The van der Waals surface area contributed by atoms with Crippen LogP contribution in [0.25, 0.3) is 17.0 Å². The molecule has 0 amide bonds. The molecule has 2 atom stereocenters. The maximum Gasteiger partial charge on any atom is 0.282 e. The number of alkyl halides is 2. The molecule has 0 aromatic carbocycles. The summed E-state index contributed by atoms with van der Waals surface area (Å²) in [6.07, 6.45) is 1.28. The summed E-state index contributed by atoms with van der Waals surface area (Å²) in [4.78, 5) is 17.3. The molecule has 0 bridgehead atoms. The van der Waals surface area contributed by atoms with Crippen LogP contribution in [0.15, 0.2) is 30.7 Å². The Hall–Kier alpha value is -2.77. The zero-order valence-electron chi connectivity index (χ0n) is 20.3. The Balaban J connectivity index is 1.67. The lowest BCUT2D eigenvalue weighted by Gasteiger charge is -2.51. The van der Waals surface area contributed by atoms with E-state index >= 15 is 0 Å². The van der Waals surface area contributed by atoms with Gasteiger partial charge in [0.05, 0.1) is 30.8 Å². The molecule has 1 aliphatic heterocycles. The summed E-state index contributed by atoms with van der Waals surface area (Å²) in [5.74, 6) is 0.625. The number of anilines is 1. The molecular weight excluding hydrogens is 480 g/mol. The van der Waals surface area contributed by atoms with E-state index in [9.17, 15) is 17.2 Å². The number of hydrogen-bond acceptors (Lipinski definition) is 9. The van der Waals surface area contributed by atoms with E-state index in [1.54, 1.807) is 6.07 Å². The summed E-state index contributed by atoms with van der Waals surface area (Å²) in [6.45, 7) is 9.57. The summed E-state index contributed by atoms with van der Waals surface area (Å²) >= 11 is 0. The molecule has 0 N–H and O–H groups in total. The third-order valence-corrected chi connectivity index (χ3v) is 6.73. The van der Waals surface area contributed by atoms with Crippen LogP contribution < -0.4 is 4.90 Å². The van der Waals surface area contributed by atoms with Gasteiger partial charge in [-0.1, -0.05) is 0 Å².